The van der Waals surface area contributed by atoms with Crippen molar-refractivity contribution in [3.63, 3.8) is 0 Å². The van der Waals surface area contributed by atoms with Gasteiger partial charge < -0.3 is 14.1 Å². The maximum Gasteiger partial charge on any atom is 0.257 e. The summed E-state index contributed by atoms with van der Waals surface area (Å²) in [4.78, 5) is 40.0. The standard InChI is InChI=1S/C20H22N2O5/c1-3-10-26-16-8-6-15(7-9-16)22-19(24)12-18(20(22)25)21(14(2)23)13-17-5-4-11-27-17/h4-9,11,18H,3,10,12-13H2,1-2H3/t18-/m0/s1. The molecular weight excluding hydrogens is 348 g/mol. The zero-order valence-electron chi connectivity index (χ0n) is 15.4. The molecule has 0 unspecified atom stereocenters. The van der Waals surface area contributed by atoms with E-state index in [0.717, 1.165) is 11.3 Å². The van der Waals surface area contributed by atoms with Crippen LogP contribution in [0.5, 0.6) is 5.75 Å². The molecule has 3 amide bonds. The molecule has 27 heavy (non-hydrogen) atoms. The van der Waals surface area contributed by atoms with Crippen molar-refractivity contribution >= 4 is 23.4 Å². The molecule has 0 bridgehead atoms. The Morgan fingerprint density at radius 2 is 2.00 bits per heavy atom. The Kier molecular flexibility index (Phi) is 5.59. The van der Waals surface area contributed by atoms with Crippen LogP contribution in [-0.4, -0.2) is 35.3 Å². The highest BCUT2D eigenvalue weighted by atomic mass is 16.5. The summed E-state index contributed by atoms with van der Waals surface area (Å²) in [7, 11) is 0. The lowest BCUT2D eigenvalue weighted by Crippen LogP contribution is -2.44. The molecule has 1 saturated heterocycles. The smallest absolute Gasteiger partial charge is 0.257 e. The second kappa shape index (κ2) is 8.07. The van der Waals surface area contributed by atoms with Gasteiger partial charge in [-0.05, 0) is 42.8 Å². The summed E-state index contributed by atoms with van der Waals surface area (Å²) in [6, 6.07) is 9.40. The minimum absolute atomic E-state index is 0.0484. The number of anilines is 1. The van der Waals surface area contributed by atoms with E-state index in [2.05, 4.69) is 0 Å². The summed E-state index contributed by atoms with van der Waals surface area (Å²) < 4.78 is 10.8. The van der Waals surface area contributed by atoms with Crippen LogP contribution in [0.1, 0.15) is 32.4 Å². The molecule has 0 aliphatic carbocycles. The molecule has 3 rings (SSSR count). The fourth-order valence-electron chi connectivity index (χ4n) is 3.05. The van der Waals surface area contributed by atoms with Gasteiger partial charge in [-0.1, -0.05) is 6.92 Å². The van der Waals surface area contributed by atoms with Gasteiger partial charge in [0.1, 0.15) is 17.6 Å². The first-order valence-electron chi connectivity index (χ1n) is 8.90. The first-order valence-corrected chi connectivity index (χ1v) is 8.90. The molecule has 142 valence electrons. The number of rotatable bonds is 7. The summed E-state index contributed by atoms with van der Waals surface area (Å²) in [5.74, 6) is 0.199. The van der Waals surface area contributed by atoms with Crippen molar-refractivity contribution in [2.75, 3.05) is 11.5 Å². The molecule has 2 aromatic rings. The molecule has 0 saturated carbocycles. The molecule has 0 spiro atoms. The molecule has 1 atom stereocenters. The predicted molar refractivity (Wildman–Crippen MR) is 98.1 cm³/mol. The van der Waals surface area contributed by atoms with Gasteiger partial charge in [0.05, 0.1) is 31.5 Å². The predicted octanol–water partition coefficient (Wildman–Crippen LogP) is 2.75. The number of amides is 3. The van der Waals surface area contributed by atoms with Crippen LogP contribution < -0.4 is 9.64 Å². The van der Waals surface area contributed by atoms with Crippen molar-refractivity contribution in [3.05, 3.63) is 48.4 Å². The van der Waals surface area contributed by atoms with Crippen LogP contribution in [0.15, 0.2) is 47.1 Å². The van der Waals surface area contributed by atoms with Gasteiger partial charge in [-0.3, -0.25) is 14.4 Å². The number of furan rings is 1. The topological polar surface area (TPSA) is 80.1 Å². The highest BCUT2D eigenvalue weighted by molar-refractivity contribution is 6.23. The molecule has 1 aromatic carbocycles. The van der Waals surface area contributed by atoms with Crippen molar-refractivity contribution < 1.29 is 23.5 Å². The lowest BCUT2D eigenvalue weighted by Gasteiger charge is -2.25. The fraction of sp³-hybridized carbons (Fsp3) is 0.350. The molecule has 2 heterocycles. The molecule has 1 aliphatic heterocycles. The van der Waals surface area contributed by atoms with Crippen LogP contribution in [0.4, 0.5) is 5.69 Å². The van der Waals surface area contributed by atoms with E-state index in [0.29, 0.717) is 23.8 Å². The number of ether oxygens (including phenoxy) is 1. The molecular formula is C20H22N2O5. The van der Waals surface area contributed by atoms with E-state index in [1.54, 1.807) is 36.4 Å². The third kappa shape index (κ3) is 4.02. The minimum atomic E-state index is -0.837. The zero-order chi connectivity index (χ0) is 19.4. The van der Waals surface area contributed by atoms with Gasteiger partial charge in [0.15, 0.2) is 0 Å². The third-order valence-corrected chi connectivity index (χ3v) is 4.38. The molecule has 1 fully saturated rings. The van der Waals surface area contributed by atoms with Gasteiger partial charge in [0.2, 0.25) is 11.8 Å². The van der Waals surface area contributed by atoms with Crippen molar-refractivity contribution in [2.24, 2.45) is 0 Å². The van der Waals surface area contributed by atoms with E-state index in [9.17, 15) is 14.4 Å². The number of carbonyl (C=O) groups excluding carboxylic acids is 3. The lowest BCUT2D eigenvalue weighted by atomic mass is 10.2. The minimum Gasteiger partial charge on any atom is -0.494 e. The lowest BCUT2D eigenvalue weighted by molar-refractivity contribution is -0.137. The highest BCUT2D eigenvalue weighted by Gasteiger charge is 2.43. The first kappa shape index (κ1) is 18.7. The van der Waals surface area contributed by atoms with Gasteiger partial charge >= 0.3 is 0 Å². The summed E-state index contributed by atoms with van der Waals surface area (Å²) in [5, 5.41) is 0. The first-order chi connectivity index (χ1) is 13.0. The molecule has 7 nitrogen and oxygen atoms in total. The summed E-state index contributed by atoms with van der Waals surface area (Å²) in [5.41, 5.74) is 0.470. The van der Waals surface area contributed by atoms with Crippen LogP contribution in [0.2, 0.25) is 0 Å². The highest BCUT2D eigenvalue weighted by Crippen LogP contribution is 2.28. The zero-order valence-corrected chi connectivity index (χ0v) is 15.4. The Morgan fingerprint density at radius 3 is 2.59 bits per heavy atom. The summed E-state index contributed by atoms with van der Waals surface area (Å²) >= 11 is 0. The van der Waals surface area contributed by atoms with Gasteiger partial charge in [0, 0.05) is 6.92 Å². The van der Waals surface area contributed by atoms with Crippen LogP contribution in [0.3, 0.4) is 0 Å². The Hall–Kier alpha value is -3.09. The van der Waals surface area contributed by atoms with E-state index in [1.807, 2.05) is 6.92 Å². The van der Waals surface area contributed by atoms with E-state index in [1.165, 1.54) is 18.1 Å². The van der Waals surface area contributed by atoms with Crippen molar-refractivity contribution in [1.29, 1.82) is 0 Å². The Morgan fingerprint density at radius 1 is 1.26 bits per heavy atom. The average Bonchev–Trinajstić information content (AvgIpc) is 3.26. The van der Waals surface area contributed by atoms with Crippen LogP contribution in [0, 0.1) is 0 Å². The van der Waals surface area contributed by atoms with E-state index >= 15 is 0 Å². The van der Waals surface area contributed by atoms with Gasteiger partial charge in [-0.2, -0.15) is 0 Å². The second-order valence-electron chi connectivity index (χ2n) is 6.36. The molecule has 0 N–H and O–H groups in total. The average molecular weight is 370 g/mol. The molecule has 0 radical (unpaired) electrons. The Bertz CT molecular complexity index is 813. The Labute approximate surface area is 157 Å². The number of benzene rings is 1. The van der Waals surface area contributed by atoms with Gasteiger partial charge in [0.25, 0.3) is 5.91 Å². The fourth-order valence-corrected chi connectivity index (χ4v) is 3.05. The van der Waals surface area contributed by atoms with Gasteiger partial charge in [-0.15, -0.1) is 0 Å². The third-order valence-electron chi connectivity index (χ3n) is 4.38. The van der Waals surface area contributed by atoms with Crippen LogP contribution >= 0.6 is 0 Å². The maximum absolute atomic E-state index is 12.9. The van der Waals surface area contributed by atoms with Gasteiger partial charge in [-0.25, -0.2) is 4.90 Å². The number of carbonyl (C=O) groups is 3. The van der Waals surface area contributed by atoms with Crippen LogP contribution in [0.25, 0.3) is 0 Å². The molecule has 1 aliphatic rings. The van der Waals surface area contributed by atoms with Crippen LogP contribution in [-0.2, 0) is 20.9 Å². The van der Waals surface area contributed by atoms with E-state index < -0.39 is 11.9 Å². The largest absolute Gasteiger partial charge is 0.494 e. The van der Waals surface area contributed by atoms with E-state index in [4.69, 9.17) is 9.15 Å². The number of hydrogen-bond acceptors (Lipinski definition) is 5. The quantitative estimate of drug-likeness (QED) is 0.700. The second-order valence-corrected chi connectivity index (χ2v) is 6.36. The van der Waals surface area contributed by atoms with Crippen molar-refractivity contribution in [1.82, 2.24) is 4.90 Å². The Balaban J connectivity index is 1.78. The summed E-state index contributed by atoms with van der Waals surface area (Å²) in [6.07, 6.45) is 2.35. The number of imide groups is 1. The maximum atomic E-state index is 12.9. The number of nitrogens with zero attached hydrogens (tertiary/aromatic N) is 2. The molecule has 7 heteroatoms. The molecule has 1 aromatic heterocycles. The number of hydrogen-bond donors (Lipinski definition) is 0. The van der Waals surface area contributed by atoms with E-state index in [-0.39, 0.29) is 24.8 Å². The normalized spacial score (nSPS) is 16.7. The summed E-state index contributed by atoms with van der Waals surface area (Å²) in [6.45, 7) is 4.13. The monoisotopic (exact) mass is 370 g/mol. The SMILES string of the molecule is CCCOc1ccc(N2C(=O)C[C@H](N(Cc3ccco3)C(C)=O)C2=O)cc1. The van der Waals surface area contributed by atoms with Crippen molar-refractivity contribution in [2.45, 2.75) is 39.3 Å². The van der Waals surface area contributed by atoms with Crippen molar-refractivity contribution in [3.8, 4) is 5.75 Å².